The van der Waals surface area contributed by atoms with Crippen LogP contribution in [-0.4, -0.2) is 46.1 Å². The van der Waals surface area contributed by atoms with Crippen molar-refractivity contribution in [3.63, 3.8) is 0 Å². The lowest BCUT2D eigenvalue weighted by Crippen LogP contribution is -2.34. The zero-order valence-electron chi connectivity index (χ0n) is 8.09. The summed E-state index contributed by atoms with van der Waals surface area (Å²) in [4.78, 5) is 12.4. The third-order valence-electron chi connectivity index (χ3n) is 2.25. The molecule has 1 aliphatic heterocycles. The molecular formula is C9H15NO4. The molecule has 1 rings (SSSR count). The van der Waals surface area contributed by atoms with Crippen LogP contribution < -0.4 is 0 Å². The van der Waals surface area contributed by atoms with Gasteiger partial charge in [0.2, 0.25) is 5.91 Å². The largest absolute Gasteiger partial charge is 0.394 e. The fourth-order valence-electron chi connectivity index (χ4n) is 1.50. The lowest BCUT2D eigenvalue weighted by molar-refractivity contribution is -0.138. The van der Waals surface area contributed by atoms with Gasteiger partial charge in [0.15, 0.2) is 0 Å². The van der Waals surface area contributed by atoms with Crippen LogP contribution >= 0.6 is 0 Å². The van der Waals surface area contributed by atoms with Crippen molar-refractivity contribution in [3.05, 3.63) is 12.8 Å². The molecule has 0 spiro atoms. The Morgan fingerprint density at radius 3 is 2.79 bits per heavy atom. The first-order valence-corrected chi connectivity index (χ1v) is 4.46. The minimum absolute atomic E-state index is 0.198. The highest BCUT2D eigenvalue weighted by molar-refractivity contribution is 5.74. The van der Waals surface area contributed by atoms with Crippen molar-refractivity contribution in [1.29, 1.82) is 0 Å². The Morgan fingerprint density at radius 1 is 1.79 bits per heavy atom. The molecule has 5 heteroatoms. The molecular weight excluding hydrogens is 186 g/mol. The number of rotatable bonds is 3. The van der Waals surface area contributed by atoms with Gasteiger partial charge in [-0.05, 0) is 0 Å². The lowest BCUT2D eigenvalue weighted by atomic mass is 10.2. The molecule has 0 bridgehead atoms. The standard InChI is InChI=1S/C9H15NO4/c1-3-10(6(2)12)9-4-7(13)8(5-11)14-9/h3,7-9,11,13H,1,4-5H2,2H3/t7?,8-,9-/m1/s1. The van der Waals surface area contributed by atoms with Crippen molar-refractivity contribution >= 4 is 5.91 Å². The molecule has 0 aliphatic carbocycles. The Balaban J connectivity index is 2.63. The molecule has 1 aliphatic rings. The number of amides is 1. The molecule has 1 amide bonds. The molecule has 0 aromatic heterocycles. The Morgan fingerprint density at radius 2 is 2.43 bits per heavy atom. The number of carbonyl (C=O) groups excluding carboxylic acids is 1. The van der Waals surface area contributed by atoms with Crippen molar-refractivity contribution in [2.75, 3.05) is 6.61 Å². The number of hydrogen-bond donors (Lipinski definition) is 2. The predicted octanol–water partition coefficient (Wildman–Crippen LogP) is -0.553. The average Bonchev–Trinajstić information content (AvgIpc) is 2.47. The summed E-state index contributed by atoms with van der Waals surface area (Å²) in [6, 6.07) is 0. The lowest BCUT2D eigenvalue weighted by Gasteiger charge is -2.23. The monoisotopic (exact) mass is 201 g/mol. The first-order chi connectivity index (χ1) is 6.60. The van der Waals surface area contributed by atoms with Crippen molar-refractivity contribution < 1.29 is 19.7 Å². The van der Waals surface area contributed by atoms with Crippen LogP contribution in [0.4, 0.5) is 0 Å². The number of hydrogen-bond acceptors (Lipinski definition) is 4. The molecule has 0 aromatic rings. The number of carbonyl (C=O) groups is 1. The van der Waals surface area contributed by atoms with Gasteiger partial charge in [-0.1, -0.05) is 6.58 Å². The molecule has 1 fully saturated rings. The highest BCUT2D eigenvalue weighted by Gasteiger charge is 2.36. The zero-order valence-corrected chi connectivity index (χ0v) is 8.09. The summed E-state index contributed by atoms with van der Waals surface area (Å²) in [6.07, 6.45) is -0.193. The van der Waals surface area contributed by atoms with E-state index in [0.717, 1.165) is 0 Å². The summed E-state index contributed by atoms with van der Waals surface area (Å²) in [5.74, 6) is -0.198. The molecule has 0 saturated carbocycles. The normalized spacial score (nSPS) is 31.5. The van der Waals surface area contributed by atoms with Crippen LogP contribution in [0.25, 0.3) is 0 Å². The summed E-state index contributed by atoms with van der Waals surface area (Å²) in [7, 11) is 0. The zero-order chi connectivity index (χ0) is 10.7. The van der Waals surface area contributed by atoms with Gasteiger partial charge in [0, 0.05) is 19.5 Å². The minimum atomic E-state index is -0.730. The Labute approximate surface area is 82.6 Å². The number of aliphatic hydroxyl groups is 2. The highest BCUT2D eigenvalue weighted by Crippen LogP contribution is 2.23. The van der Waals surface area contributed by atoms with E-state index < -0.39 is 18.4 Å². The van der Waals surface area contributed by atoms with E-state index in [2.05, 4.69) is 6.58 Å². The van der Waals surface area contributed by atoms with Gasteiger partial charge in [-0.3, -0.25) is 9.69 Å². The van der Waals surface area contributed by atoms with Crippen LogP contribution in [0.1, 0.15) is 13.3 Å². The minimum Gasteiger partial charge on any atom is -0.394 e. The van der Waals surface area contributed by atoms with Gasteiger partial charge in [0.25, 0.3) is 0 Å². The van der Waals surface area contributed by atoms with Crippen LogP contribution in [0.15, 0.2) is 12.8 Å². The molecule has 0 aromatic carbocycles. The van der Waals surface area contributed by atoms with Crippen molar-refractivity contribution in [2.24, 2.45) is 0 Å². The van der Waals surface area contributed by atoms with E-state index >= 15 is 0 Å². The molecule has 0 radical (unpaired) electrons. The summed E-state index contributed by atoms with van der Waals surface area (Å²) in [5, 5.41) is 18.3. The molecule has 2 N–H and O–H groups in total. The SMILES string of the molecule is C=CN(C(C)=O)[C@H]1CC(O)[C@@H](CO)O1. The van der Waals surface area contributed by atoms with Crippen LogP contribution in [0, 0.1) is 0 Å². The van der Waals surface area contributed by atoms with Crippen LogP contribution in [0.2, 0.25) is 0 Å². The number of aliphatic hydroxyl groups excluding tert-OH is 2. The summed E-state index contributed by atoms with van der Waals surface area (Å²) in [5.41, 5.74) is 0. The highest BCUT2D eigenvalue weighted by atomic mass is 16.5. The Bertz CT molecular complexity index is 231. The molecule has 5 nitrogen and oxygen atoms in total. The van der Waals surface area contributed by atoms with Gasteiger partial charge < -0.3 is 14.9 Å². The van der Waals surface area contributed by atoms with E-state index in [1.54, 1.807) is 0 Å². The average molecular weight is 201 g/mol. The molecule has 14 heavy (non-hydrogen) atoms. The first kappa shape index (κ1) is 11.2. The van der Waals surface area contributed by atoms with Gasteiger partial charge in [0.1, 0.15) is 12.3 Å². The van der Waals surface area contributed by atoms with Crippen molar-refractivity contribution in [1.82, 2.24) is 4.90 Å². The van der Waals surface area contributed by atoms with Crippen LogP contribution in [-0.2, 0) is 9.53 Å². The Kier molecular flexibility index (Phi) is 3.62. The van der Waals surface area contributed by atoms with Gasteiger partial charge in [-0.15, -0.1) is 0 Å². The van der Waals surface area contributed by atoms with E-state index in [0.29, 0.717) is 6.42 Å². The quantitative estimate of drug-likeness (QED) is 0.642. The third-order valence-corrected chi connectivity index (χ3v) is 2.25. The number of ether oxygens (including phenoxy) is 1. The molecule has 1 heterocycles. The Hall–Kier alpha value is -0.910. The second-order valence-electron chi connectivity index (χ2n) is 3.22. The molecule has 1 unspecified atom stereocenters. The van der Waals surface area contributed by atoms with E-state index in [-0.39, 0.29) is 12.5 Å². The van der Waals surface area contributed by atoms with Crippen LogP contribution in [0.5, 0.6) is 0 Å². The summed E-state index contributed by atoms with van der Waals surface area (Å²) >= 11 is 0. The maximum atomic E-state index is 11.1. The third kappa shape index (κ3) is 2.12. The van der Waals surface area contributed by atoms with E-state index in [4.69, 9.17) is 9.84 Å². The fourth-order valence-corrected chi connectivity index (χ4v) is 1.50. The topological polar surface area (TPSA) is 70.0 Å². The molecule has 80 valence electrons. The van der Waals surface area contributed by atoms with Gasteiger partial charge >= 0.3 is 0 Å². The van der Waals surface area contributed by atoms with Gasteiger partial charge in [-0.2, -0.15) is 0 Å². The fraction of sp³-hybridized carbons (Fsp3) is 0.667. The maximum Gasteiger partial charge on any atom is 0.225 e. The molecule has 1 saturated heterocycles. The van der Waals surface area contributed by atoms with Crippen molar-refractivity contribution in [3.8, 4) is 0 Å². The second-order valence-corrected chi connectivity index (χ2v) is 3.22. The van der Waals surface area contributed by atoms with E-state index in [1.807, 2.05) is 0 Å². The van der Waals surface area contributed by atoms with Gasteiger partial charge in [0.05, 0.1) is 12.7 Å². The maximum absolute atomic E-state index is 11.1. The van der Waals surface area contributed by atoms with Crippen LogP contribution in [0.3, 0.4) is 0 Å². The van der Waals surface area contributed by atoms with Gasteiger partial charge in [-0.25, -0.2) is 0 Å². The smallest absolute Gasteiger partial charge is 0.225 e. The van der Waals surface area contributed by atoms with E-state index in [1.165, 1.54) is 18.0 Å². The summed E-state index contributed by atoms with van der Waals surface area (Å²) in [6.45, 7) is 4.63. The molecule has 3 atom stereocenters. The first-order valence-electron chi connectivity index (χ1n) is 4.46. The predicted molar refractivity (Wildman–Crippen MR) is 49.1 cm³/mol. The number of nitrogens with zero attached hydrogens (tertiary/aromatic N) is 1. The van der Waals surface area contributed by atoms with E-state index in [9.17, 15) is 9.90 Å². The van der Waals surface area contributed by atoms with Crippen molar-refractivity contribution in [2.45, 2.75) is 31.8 Å². The second kappa shape index (κ2) is 4.54. The summed E-state index contributed by atoms with van der Waals surface area (Å²) < 4.78 is 5.27.